The Kier molecular flexibility index (Phi) is 3.51. The van der Waals surface area contributed by atoms with Gasteiger partial charge in [0.2, 0.25) is 0 Å². The van der Waals surface area contributed by atoms with Crippen molar-refractivity contribution in [2.24, 2.45) is 0 Å². The van der Waals surface area contributed by atoms with Gasteiger partial charge in [0.05, 0.1) is 0 Å². The van der Waals surface area contributed by atoms with Crippen molar-refractivity contribution in [3.63, 3.8) is 0 Å². The summed E-state index contributed by atoms with van der Waals surface area (Å²) in [4.78, 5) is 0. The van der Waals surface area contributed by atoms with Crippen LogP contribution < -0.4 is 4.74 Å². The van der Waals surface area contributed by atoms with Crippen LogP contribution in [0.25, 0.3) is 10.8 Å². The van der Waals surface area contributed by atoms with Crippen LogP contribution in [0, 0.1) is 0 Å². The van der Waals surface area contributed by atoms with Crippen LogP contribution in [0.4, 0.5) is 30.7 Å². The van der Waals surface area contributed by atoms with E-state index in [9.17, 15) is 30.7 Å². The number of halogens is 7. The fourth-order valence-corrected chi connectivity index (χ4v) is 1.65. The second kappa shape index (κ2) is 4.78. The molecule has 1 nitrogen and oxygen atoms in total. The van der Waals surface area contributed by atoms with E-state index in [1.54, 1.807) is 6.07 Å². The molecule has 0 N–H and O–H groups in total. The molecule has 8 heteroatoms. The summed E-state index contributed by atoms with van der Waals surface area (Å²) in [6, 6.07) is 9.28. The molecule has 0 aromatic heterocycles. The van der Waals surface area contributed by atoms with Crippen molar-refractivity contribution in [1.82, 2.24) is 0 Å². The lowest BCUT2D eigenvalue weighted by atomic mass is 10.1. The number of hydrogen-bond acceptors (Lipinski definition) is 1. The lowest BCUT2D eigenvalue weighted by Gasteiger charge is -2.28. The molecule has 0 radical (unpaired) electrons. The van der Waals surface area contributed by atoms with Crippen LogP contribution in [-0.4, -0.2) is 18.2 Å². The minimum absolute atomic E-state index is 0.00218. The first-order chi connectivity index (χ1) is 9.56. The lowest BCUT2D eigenvalue weighted by molar-refractivity contribution is -0.402. The summed E-state index contributed by atoms with van der Waals surface area (Å²) in [7, 11) is 0. The van der Waals surface area contributed by atoms with Crippen LogP contribution in [0.15, 0.2) is 42.5 Å². The van der Waals surface area contributed by atoms with Crippen LogP contribution in [0.1, 0.15) is 0 Å². The Balaban J connectivity index is 2.44. The van der Waals surface area contributed by atoms with Gasteiger partial charge in [-0.05, 0) is 11.5 Å². The molecule has 0 aliphatic rings. The Morgan fingerprint density at radius 2 is 1.29 bits per heavy atom. The van der Waals surface area contributed by atoms with Gasteiger partial charge in [-0.3, -0.25) is 0 Å². The van der Waals surface area contributed by atoms with Crippen molar-refractivity contribution >= 4 is 10.8 Å². The fourth-order valence-electron chi connectivity index (χ4n) is 1.65. The monoisotopic (exact) mass is 312 g/mol. The first-order valence-electron chi connectivity index (χ1n) is 5.55. The topological polar surface area (TPSA) is 9.23 Å². The highest BCUT2D eigenvalue weighted by Crippen LogP contribution is 2.47. The normalized spacial score (nSPS) is 13.5. The molecule has 0 heterocycles. The van der Waals surface area contributed by atoms with E-state index in [4.69, 9.17) is 0 Å². The third-order valence-corrected chi connectivity index (χ3v) is 2.71. The van der Waals surface area contributed by atoms with Gasteiger partial charge in [-0.2, -0.15) is 30.7 Å². The molecule has 2 aromatic carbocycles. The SMILES string of the molecule is FC(F)(F)C(F)(F)C(F)(F)Oc1cccc2ccccc12. The van der Waals surface area contributed by atoms with Gasteiger partial charge in [0, 0.05) is 5.39 Å². The maximum absolute atomic E-state index is 13.2. The van der Waals surface area contributed by atoms with Gasteiger partial charge in [0.1, 0.15) is 5.75 Å². The second-order valence-corrected chi connectivity index (χ2v) is 4.17. The Labute approximate surface area is 113 Å². The number of fused-ring (bicyclic) bond motifs is 1. The standard InChI is InChI=1S/C13H7F7O/c14-11(15,12(16,17)18)13(19,20)21-10-7-3-5-8-4-1-2-6-9(8)10/h1-7H. The first-order valence-corrected chi connectivity index (χ1v) is 5.55. The van der Waals surface area contributed by atoms with Gasteiger partial charge < -0.3 is 4.74 Å². The molecule has 0 unspecified atom stereocenters. The molecule has 0 aliphatic carbocycles. The summed E-state index contributed by atoms with van der Waals surface area (Å²) in [6.07, 6.45) is -12.2. The van der Waals surface area contributed by atoms with E-state index in [2.05, 4.69) is 4.74 Å². The molecule has 0 atom stereocenters. The molecule has 21 heavy (non-hydrogen) atoms. The van der Waals surface area contributed by atoms with Crippen LogP contribution in [0.5, 0.6) is 5.75 Å². The number of hydrogen-bond donors (Lipinski definition) is 0. The summed E-state index contributed by atoms with van der Waals surface area (Å²) in [5, 5.41) is 0.360. The Bertz CT molecular complexity index is 643. The highest BCUT2D eigenvalue weighted by Gasteiger charge is 2.75. The lowest BCUT2D eigenvalue weighted by Crippen LogP contribution is -2.55. The molecule has 0 spiro atoms. The molecule has 0 saturated carbocycles. The molecular weight excluding hydrogens is 305 g/mol. The number of benzene rings is 2. The van der Waals surface area contributed by atoms with Gasteiger partial charge in [0.25, 0.3) is 0 Å². The van der Waals surface area contributed by atoms with E-state index < -0.39 is 24.0 Å². The number of alkyl halides is 7. The maximum Gasteiger partial charge on any atom is 0.474 e. The van der Waals surface area contributed by atoms with Crippen LogP contribution in [0.3, 0.4) is 0 Å². The summed E-state index contributed by atoms with van der Waals surface area (Å²) in [5.41, 5.74) is 0. The molecule has 2 aromatic rings. The third kappa shape index (κ3) is 2.62. The molecule has 0 amide bonds. The highest BCUT2D eigenvalue weighted by atomic mass is 19.4. The number of rotatable bonds is 3. The van der Waals surface area contributed by atoms with E-state index in [1.807, 2.05) is 0 Å². The summed E-state index contributed by atoms with van der Waals surface area (Å²) >= 11 is 0. The van der Waals surface area contributed by atoms with Gasteiger partial charge in [-0.1, -0.05) is 36.4 Å². The van der Waals surface area contributed by atoms with E-state index >= 15 is 0 Å². The van der Waals surface area contributed by atoms with Gasteiger partial charge in [-0.25, -0.2) is 0 Å². The maximum atomic E-state index is 13.2. The fraction of sp³-hybridized carbons (Fsp3) is 0.231. The van der Waals surface area contributed by atoms with Crippen molar-refractivity contribution in [3.8, 4) is 5.75 Å². The Hall–Kier alpha value is -1.99. The van der Waals surface area contributed by atoms with E-state index in [0.717, 1.165) is 6.07 Å². The Morgan fingerprint density at radius 1 is 0.714 bits per heavy atom. The van der Waals surface area contributed by atoms with Crippen LogP contribution >= 0.6 is 0 Å². The molecule has 2 rings (SSSR count). The van der Waals surface area contributed by atoms with Gasteiger partial charge in [-0.15, -0.1) is 0 Å². The van der Waals surface area contributed by atoms with Crippen LogP contribution in [-0.2, 0) is 0 Å². The van der Waals surface area contributed by atoms with E-state index in [0.29, 0.717) is 5.39 Å². The third-order valence-electron chi connectivity index (χ3n) is 2.71. The van der Waals surface area contributed by atoms with Crippen molar-refractivity contribution in [3.05, 3.63) is 42.5 Å². The largest absolute Gasteiger partial charge is 0.474 e. The quantitative estimate of drug-likeness (QED) is 0.724. The molecule has 0 saturated heterocycles. The van der Waals surface area contributed by atoms with Gasteiger partial charge in [0.15, 0.2) is 0 Å². The van der Waals surface area contributed by atoms with E-state index in [1.165, 1.54) is 30.3 Å². The summed E-state index contributed by atoms with van der Waals surface area (Å²) in [6.45, 7) is 0. The average molecular weight is 312 g/mol. The minimum Gasteiger partial charge on any atom is -0.427 e. The van der Waals surface area contributed by atoms with Crippen molar-refractivity contribution in [2.75, 3.05) is 0 Å². The zero-order valence-electron chi connectivity index (χ0n) is 10.1. The molecular formula is C13H7F7O. The first kappa shape index (κ1) is 15.4. The summed E-state index contributed by atoms with van der Waals surface area (Å²) in [5.74, 6) is -7.07. The predicted octanol–water partition coefficient (Wildman–Crippen LogP) is 5.01. The number of ether oxygens (including phenoxy) is 1. The molecule has 0 bridgehead atoms. The van der Waals surface area contributed by atoms with Crippen molar-refractivity contribution < 1.29 is 35.5 Å². The van der Waals surface area contributed by atoms with Crippen molar-refractivity contribution in [2.45, 2.75) is 18.2 Å². The van der Waals surface area contributed by atoms with Crippen LogP contribution in [0.2, 0.25) is 0 Å². The molecule has 0 aliphatic heterocycles. The average Bonchev–Trinajstić information content (AvgIpc) is 2.37. The molecule has 0 fully saturated rings. The Morgan fingerprint density at radius 3 is 1.90 bits per heavy atom. The smallest absolute Gasteiger partial charge is 0.427 e. The predicted molar refractivity (Wildman–Crippen MR) is 60.5 cm³/mol. The second-order valence-electron chi connectivity index (χ2n) is 4.17. The molecule has 114 valence electrons. The highest BCUT2D eigenvalue weighted by molar-refractivity contribution is 5.88. The van der Waals surface area contributed by atoms with Crippen molar-refractivity contribution in [1.29, 1.82) is 0 Å². The summed E-state index contributed by atoms with van der Waals surface area (Å²) < 4.78 is 91.8. The van der Waals surface area contributed by atoms with Gasteiger partial charge >= 0.3 is 18.2 Å². The minimum atomic E-state index is -6.43. The zero-order chi connectivity index (χ0) is 15.9. The zero-order valence-corrected chi connectivity index (χ0v) is 10.1. The van der Waals surface area contributed by atoms with E-state index in [-0.39, 0.29) is 5.39 Å².